The van der Waals surface area contributed by atoms with Crippen LogP contribution in [0.1, 0.15) is 25.8 Å². The van der Waals surface area contributed by atoms with Gasteiger partial charge in [0, 0.05) is 19.1 Å². The first-order valence-corrected chi connectivity index (χ1v) is 7.73. The number of rotatable bonds is 4. The quantitative estimate of drug-likeness (QED) is 0.904. The average molecular weight is 268 g/mol. The molecule has 2 rings (SSSR count). The highest BCUT2D eigenvalue weighted by atomic mass is 32.2. The summed E-state index contributed by atoms with van der Waals surface area (Å²) in [6, 6.07) is 9.79. The Morgan fingerprint density at radius 3 is 2.61 bits per heavy atom. The molecule has 1 atom stereocenters. The minimum atomic E-state index is -3.30. The van der Waals surface area contributed by atoms with Gasteiger partial charge in [-0.25, -0.2) is 4.72 Å². The van der Waals surface area contributed by atoms with Crippen LogP contribution in [0.2, 0.25) is 0 Å². The van der Waals surface area contributed by atoms with E-state index in [1.807, 2.05) is 30.3 Å². The predicted octanol–water partition coefficient (Wildman–Crippen LogP) is 1.75. The van der Waals surface area contributed by atoms with E-state index in [0.717, 1.165) is 12.0 Å². The van der Waals surface area contributed by atoms with E-state index in [9.17, 15) is 8.42 Å². The normalized spacial score (nSPS) is 23.6. The zero-order valence-electron chi connectivity index (χ0n) is 10.8. The topological polar surface area (TPSA) is 49.4 Å². The van der Waals surface area contributed by atoms with Crippen molar-refractivity contribution < 1.29 is 8.42 Å². The van der Waals surface area contributed by atoms with Gasteiger partial charge in [0.1, 0.15) is 0 Å². The van der Waals surface area contributed by atoms with Crippen LogP contribution >= 0.6 is 0 Å². The second kappa shape index (κ2) is 5.38. The predicted molar refractivity (Wildman–Crippen MR) is 72.2 cm³/mol. The maximum atomic E-state index is 12.0. The lowest BCUT2D eigenvalue weighted by Gasteiger charge is -2.23. The summed E-state index contributed by atoms with van der Waals surface area (Å²) in [6.45, 7) is 5.21. The lowest BCUT2D eigenvalue weighted by atomic mass is 10.0. The number of benzene rings is 1. The van der Waals surface area contributed by atoms with Crippen molar-refractivity contribution in [2.75, 3.05) is 6.54 Å². The molecule has 1 saturated heterocycles. The van der Waals surface area contributed by atoms with Gasteiger partial charge < -0.3 is 0 Å². The molecule has 18 heavy (non-hydrogen) atoms. The van der Waals surface area contributed by atoms with Gasteiger partial charge in [0.05, 0.1) is 0 Å². The standard InChI is InChI=1S/C13H20N2O2S/c1-11(2)8-13-9-14-18(16,17)15(13)10-12-6-4-3-5-7-12/h3-7,11,13-14H,8-10H2,1-2H3/t13-/m0/s1. The van der Waals surface area contributed by atoms with Gasteiger partial charge in [0.15, 0.2) is 0 Å². The van der Waals surface area contributed by atoms with E-state index in [1.54, 1.807) is 4.31 Å². The third-order valence-electron chi connectivity index (χ3n) is 3.14. The van der Waals surface area contributed by atoms with Crippen LogP contribution < -0.4 is 4.72 Å². The number of nitrogens with zero attached hydrogens (tertiary/aromatic N) is 1. The largest absolute Gasteiger partial charge is 0.280 e. The smallest absolute Gasteiger partial charge is 0.200 e. The number of nitrogens with one attached hydrogen (secondary N) is 1. The Hall–Kier alpha value is -0.910. The lowest BCUT2D eigenvalue weighted by Crippen LogP contribution is -2.35. The first-order chi connectivity index (χ1) is 8.49. The molecular formula is C13H20N2O2S. The van der Waals surface area contributed by atoms with Gasteiger partial charge in [-0.1, -0.05) is 44.2 Å². The van der Waals surface area contributed by atoms with Crippen LogP contribution in [0, 0.1) is 5.92 Å². The summed E-state index contributed by atoms with van der Waals surface area (Å²) in [5.74, 6) is 0.489. The zero-order chi connectivity index (χ0) is 13.2. The molecule has 0 saturated carbocycles. The van der Waals surface area contributed by atoms with Crippen LogP contribution in [0.4, 0.5) is 0 Å². The van der Waals surface area contributed by atoms with E-state index in [2.05, 4.69) is 18.6 Å². The van der Waals surface area contributed by atoms with Crippen LogP contribution in [0.5, 0.6) is 0 Å². The number of hydrogen-bond donors (Lipinski definition) is 1. The van der Waals surface area contributed by atoms with Crippen LogP contribution in [-0.4, -0.2) is 25.3 Å². The van der Waals surface area contributed by atoms with E-state index in [1.165, 1.54) is 0 Å². The van der Waals surface area contributed by atoms with E-state index in [4.69, 9.17) is 0 Å². The molecular weight excluding hydrogens is 248 g/mol. The van der Waals surface area contributed by atoms with E-state index in [0.29, 0.717) is 19.0 Å². The van der Waals surface area contributed by atoms with Crippen molar-refractivity contribution in [3.8, 4) is 0 Å². The van der Waals surface area contributed by atoms with Gasteiger partial charge >= 0.3 is 0 Å². The second-order valence-electron chi connectivity index (χ2n) is 5.17. The average Bonchev–Trinajstić information content (AvgIpc) is 2.57. The molecule has 100 valence electrons. The summed E-state index contributed by atoms with van der Waals surface area (Å²) in [4.78, 5) is 0. The van der Waals surface area contributed by atoms with Crippen molar-refractivity contribution in [1.29, 1.82) is 0 Å². The molecule has 1 aromatic rings. The van der Waals surface area contributed by atoms with E-state index < -0.39 is 10.2 Å². The summed E-state index contributed by atoms with van der Waals surface area (Å²) in [7, 11) is -3.30. The monoisotopic (exact) mass is 268 g/mol. The van der Waals surface area contributed by atoms with E-state index in [-0.39, 0.29) is 6.04 Å². The summed E-state index contributed by atoms with van der Waals surface area (Å²) in [5.41, 5.74) is 1.03. The SMILES string of the molecule is CC(C)C[C@H]1CNS(=O)(=O)N1Cc1ccccc1. The van der Waals surface area contributed by atoms with Crippen LogP contribution in [0.25, 0.3) is 0 Å². The van der Waals surface area contributed by atoms with Gasteiger partial charge in [0.25, 0.3) is 10.2 Å². The fourth-order valence-corrected chi connectivity index (χ4v) is 3.75. The Morgan fingerprint density at radius 1 is 1.33 bits per heavy atom. The van der Waals surface area contributed by atoms with Crippen LogP contribution in [0.3, 0.4) is 0 Å². The van der Waals surface area contributed by atoms with Gasteiger partial charge in [-0.05, 0) is 17.9 Å². The fourth-order valence-electron chi connectivity index (χ4n) is 2.30. The third-order valence-corrected chi connectivity index (χ3v) is 4.72. The van der Waals surface area contributed by atoms with Gasteiger partial charge in [-0.3, -0.25) is 0 Å². The molecule has 4 nitrogen and oxygen atoms in total. The zero-order valence-corrected chi connectivity index (χ0v) is 11.7. The molecule has 1 heterocycles. The van der Waals surface area contributed by atoms with Crippen molar-refractivity contribution in [3.05, 3.63) is 35.9 Å². The first kappa shape index (κ1) is 13.5. The Labute approximate surface area is 109 Å². The molecule has 1 fully saturated rings. The second-order valence-corrected chi connectivity index (χ2v) is 6.88. The first-order valence-electron chi connectivity index (χ1n) is 6.29. The maximum Gasteiger partial charge on any atom is 0.280 e. The van der Waals surface area contributed by atoms with Gasteiger partial charge in [-0.15, -0.1) is 0 Å². The Kier molecular flexibility index (Phi) is 4.04. The van der Waals surface area contributed by atoms with E-state index >= 15 is 0 Å². The van der Waals surface area contributed by atoms with Crippen molar-refractivity contribution in [3.63, 3.8) is 0 Å². The van der Waals surface area contributed by atoms with Crippen molar-refractivity contribution in [2.45, 2.75) is 32.9 Å². The highest BCUT2D eigenvalue weighted by Gasteiger charge is 2.36. The molecule has 1 aromatic carbocycles. The summed E-state index contributed by atoms with van der Waals surface area (Å²) >= 11 is 0. The van der Waals surface area contributed by atoms with Crippen molar-refractivity contribution in [1.82, 2.24) is 9.03 Å². The molecule has 0 unspecified atom stereocenters. The summed E-state index contributed by atoms with van der Waals surface area (Å²) < 4.78 is 28.2. The fraction of sp³-hybridized carbons (Fsp3) is 0.538. The third kappa shape index (κ3) is 3.10. The molecule has 1 N–H and O–H groups in total. The van der Waals surface area contributed by atoms with Crippen LogP contribution in [-0.2, 0) is 16.8 Å². The molecule has 0 amide bonds. The van der Waals surface area contributed by atoms with Crippen molar-refractivity contribution in [2.24, 2.45) is 5.92 Å². The molecule has 1 aliphatic rings. The summed E-state index contributed by atoms with van der Waals surface area (Å²) in [5, 5.41) is 0. The molecule has 1 aliphatic heterocycles. The molecule has 0 radical (unpaired) electrons. The highest BCUT2D eigenvalue weighted by Crippen LogP contribution is 2.22. The molecule has 0 spiro atoms. The lowest BCUT2D eigenvalue weighted by molar-refractivity contribution is 0.305. The molecule has 0 aromatic heterocycles. The Balaban J connectivity index is 2.16. The van der Waals surface area contributed by atoms with Gasteiger partial charge in [-0.2, -0.15) is 12.7 Å². The minimum absolute atomic E-state index is 0.0650. The summed E-state index contributed by atoms with van der Waals surface area (Å²) in [6.07, 6.45) is 0.888. The Morgan fingerprint density at radius 2 is 2.00 bits per heavy atom. The molecule has 0 bridgehead atoms. The Bertz CT molecular complexity index is 485. The van der Waals surface area contributed by atoms with Crippen molar-refractivity contribution >= 4 is 10.2 Å². The van der Waals surface area contributed by atoms with Crippen LogP contribution in [0.15, 0.2) is 30.3 Å². The van der Waals surface area contributed by atoms with Gasteiger partial charge in [0.2, 0.25) is 0 Å². The molecule has 5 heteroatoms. The number of hydrogen-bond acceptors (Lipinski definition) is 2. The molecule has 0 aliphatic carbocycles. The highest BCUT2D eigenvalue weighted by molar-refractivity contribution is 7.87. The minimum Gasteiger partial charge on any atom is -0.200 e. The maximum absolute atomic E-state index is 12.0.